The van der Waals surface area contributed by atoms with E-state index in [0.717, 1.165) is 24.2 Å². The number of fused-ring (bicyclic) bond motifs is 1. The molecule has 1 aliphatic carbocycles. The molecule has 1 aliphatic heterocycles. The first kappa shape index (κ1) is 17.6. The highest BCUT2D eigenvalue weighted by Gasteiger charge is 2.36. The summed E-state index contributed by atoms with van der Waals surface area (Å²) in [4.78, 5) is 29.5. The number of nitrogens with zero attached hydrogens (tertiary/aromatic N) is 7. The van der Waals surface area contributed by atoms with Gasteiger partial charge in [-0.3, -0.25) is 4.79 Å². The second-order valence-electron chi connectivity index (χ2n) is 7.46. The van der Waals surface area contributed by atoms with Gasteiger partial charge in [-0.2, -0.15) is 5.10 Å². The number of carboxylic acids is 1. The highest BCUT2D eigenvalue weighted by molar-refractivity contribution is 5.84. The third-order valence-corrected chi connectivity index (χ3v) is 5.31. The van der Waals surface area contributed by atoms with E-state index < -0.39 is 5.97 Å². The van der Waals surface area contributed by atoms with Gasteiger partial charge in [-0.25, -0.2) is 19.0 Å². The Morgan fingerprint density at radius 2 is 2.07 bits per heavy atom. The zero-order chi connectivity index (χ0) is 20.1. The van der Waals surface area contributed by atoms with Crippen LogP contribution in [0.4, 0.5) is 5.69 Å². The molecule has 0 radical (unpaired) electrons. The van der Waals surface area contributed by atoms with E-state index in [0.29, 0.717) is 30.3 Å². The molecular weight excluding hydrogens is 378 g/mol. The van der Waals surface area contributed by atoms with Crippen LogP contribution in [-0.4, -0.2) is 66.8 Å². The first-order valence-electron chi connectivity index (χ1n) is 9.37. The molecule has 2 fully saturated rings. The summed E-state index contributed by atoms with van der Waals surface area (Å²) in [5.74, 6) is -0.979. The molecule has 3 aromatic rings. The summed E-state index contributed by atoms with van der Waals surface area (Å²) >= 11 is 0. The van der Waals surface area contributed by atoms with Gasteiger partial charge in [0.15, 0.2) is 11.3 Å². The van der Waals surface area contributed by atoms with Gasteiger partial charge in [0.25, 0.3) is 0 Å². The number of hydrogen-bond acceptors (Lipinski definition) is 8. The van der Waals surface area contributed by atoms with Crippen molar-refractivity contribution in [2.75, 3.05) is 25.1 Å². The quantitative estimate of drug-likeness (QED) is 0.593. The second kappa shape index (κ2) is 6.54. The third kappa shape index (κ3) is 3.18. The van der Waals surface area contributed by atoms with Crippen molar-refractivity contribution in [1.82, 2.24) is 29.6 Å². The normalized spacial score (nSPS) is 16.8. The average molecular weight is 397 g/mol. The molecular formula is C18H19N7O4. The third-order valence-electron chi connectivity index (χ3n) is 5.31. The Balaban J connectivity index is 1.45. The highest BCUT2D eigenvalue weighted by atomic mass is 16.5. The molecule has 11 nitrogen and oxygen atoms in total. The Hall–Kier alpha value is -3.50. The Morgan fingerprint density at radius 3 is 2.72 bits per heavy atom. The summed E-state index contributed by atoms with van der Waals surface area (Å²) < 4.78 is 8.03. The number of ether oxygens (including phenoxy) is 1. The average Bonchev–Trinajstić information content (AvgIpc) is 3.27. The minimum Gasteiger partial charge on any atom is -0.476 e. The van der Waals surface area contributed by atoms with E-state index in [4.69, 9.17) is 14.9 Å². The van der Waals surface area contributed by atoms with Crippen molar-refractivity contribution in [2.45, 2.75) is 25.3 Å². The zero-order valence-corrected chi connectivity index (χ0v) is 15.7. The van der Waals surface area contributed by atoms with Crippen LogP contribution in [0.3, 0.4) is 0 Å². The number of carbonyl (C=O) groups excluding carboxylic acids is 1. The molecule has 5 rings (SSSR count). The number of carbonyl (C=O) groups is 2. The highest BCUT2D eigenvalue weighted by Crippen LogP contribution is 2.41. The van der Waals surface area contributed by atoms with Crippen molar-refractivity contribution in [2.24, 2.45) is 5.92 Å². The van der Waals surface area contributed by atoms with Crippen molar-refractivity contribution in [1.29, 1.82) is 0 Å². The van der Waals surface area contributed by atoms with Crippen LogP contribution in [0, 0.1) is 5.92 Å². The van der Waals surface area contributed by atoms with Crippen LogP contribution >= 0.6 is 0 Å². The molecule has 1 saturated heterocycles. The Bertz CT molecular complexity index is 1110. The monoisotopic (exact) mass is 397 g/mol. The minimum absolute atomic E-state index is 0.113. The lowest BCUT2D eigenvalue weighted by Crippen LogP contribution is -2.51. The molecule has 29 heavy (non-hydrogen) atoms. The van der Waals surface area contributed by atoms with Crippen LogP contribution in [0.25, 0.3) is 5.65 Å². The summed E-state index contributed by atoms with van der Waals surface area (Å²) in [5, 5.41) is 21.2. The molecule has 2 aliphatic rings. The predicted molar refractivity (Wildman–Crippen MR) is 98.8 cm³/mol. The van der Waals surface area contributed by atoms with Crippen LogP contribution in [0.1, 0.15) is 40.6 Å². The van der Waals surface area contributed by atoms with Gasteiger partial charge < -0.3 is 14.7 Å². The summed E-state index contributed by atoms with van der Waals surface area (Å²) in [6.45, 7) is 1.46. The number of imidazole rings is 1. The van der Waals surface area contributed by atoms with Crippen LogP contribution < -0.4 is 4.90 Å². The maximum absolute atomic E-state index is 11.7. The van der Waals surface area contributed by atoms with Gasteiger partial charge in [-0.1, -0.05) is 5.21 Å². The van der Waals surface area contributed by atoms with Crippen LogP contribution in [0.5, 0.6) is 0 Å². The molecule has 0 unspecified atom stereocenters. The SMILES string of the molecule is COC(=O)C1CN(c2cc(C3CC3)nn3cc(Cn4cc(C(=O)O)nn4)nc23)C1. The molecule has 0 amide bonds. The molecule has 0 bridgehead atoms. The summed E-state index contributed by atoms with van der Waals surface area (Å²) in [5.41, 5.74) is 3.24. The Morgan fingerprint density at radius 1 is 1.28 bits per heavy atom. The molecule has 0 atom stereocenters. The number of aromatic carboxylic acids is 1. The lowest BCUT2D eigenvalue weighted by Gasteiger charge is -2.39. The number of rotatable bonds is 6. The topological polar surface area (TPSA) is 128 Å². The lowest BCUT2D eigenvalue weighted by molar-refractivity contribution is -0.146. The fourth-order valence-corrected chi connectivity index (χ4v) is 3.55. The fourth-order valence-electron chi connectivity index (χ4n) is 3.55. The largest absolute Gasteiger partial charge is 0.476 e. The Labute approximate surface area is 164 Å². The minimum atomic E-state index is -1.12. The van der Waals surface area contributed by atoms with Gasteiger partial charge >= 0.3 is 11.9 Å². The fraction of sp³-hybridized carbons (Fsp3) is 0.444. The van der Waals surface area contributed by atoms with E-state index in [1.165, 1.54) is 18.0 Å². The van der Waals surface area contributed by atoms with Crippen LogP contribution in [0.2, 0.25) is 0 Å². The maximum atomic E-state index is 11.7. The zero-order valence-electron chi connectivity index (χ0n) is 15.7. The van der Waals surface area contributed by atoms with E-state index in [2.05, 4.69) is 26.3 Å². The van der Waals surface area contributed by atoms with E-state index in [-0.39, 0.29) is 24.1 Å². The van der Waals surface area contributed by atoms with Gasteiger partial charge in [0.05, 0.1) is 49.0 Å². The molecule has 150 valence electrons. The molecule has 1 saturated carbocycles. The van der Waals surface area contributed by atoms with Crippen LogP contribution in [0.15, 0.2) is 18.5 Å². The lowest BCUT2D eigenvalue weighted by atomic mass is 9.99. The first-order chi connectivity index (χ1) is 14.0. The molecule has 0 spiro atoms. The van der Waals surface area contributed by atoms with Crippen molar-refractivity contribution in [3.63, 3.8) is 0 Å². The van der Waals surface area contributed by atoms with Crippen molar-refractivity contribution in [3.05, 3.63) is 35.5 Å². The number of hydrogen-bond donors (Lipinski definition) is 1. The van der Waals surface area contributed by atoms with Gasteiger partial charge in [-0.05, 0) is 18.9 Å². The summed E-state index contributed by atoms with van der Waals surface area (Å²) in [6.07, 6.45) is 5.44. The summed E-state index contributed by atoms with van der Waals surface area (Å²) in [7, 11) is 1.40. The molecule has 3 aromatic heterocycles. The standard InChI is InChI=1S/C18H19N7O4/c1-29-18(28)11-5-23(6-11)15-4-13(10-2-3-10)21-25-8-12(19-16(15)25)7-24-9-14(17(26)27)20-22-24/h4,8-11H,2-3,5-7H2,1H3,(H,26,27). The number of anilines is 1. The van der Waals surface area contributed by atoms with Gasteiger partial charge in [0.1, 0.15) is 0 Å². The van der Waals surface area contributed by atoms with E-state index >= 15 is 0 Å². The molecule has 1 N–H and O–H groups in total. The number of carboxylic acid groups (broad SMARTS) is 1. The molecule has 11 heteroatoms. The van der Waals surface area contributed by atoms with Crippen molar-refractivity contribution in [3.8, 4) is 0 Å². The number of methoxy groups -OCH3 is 1. The van der Waals surface area contributed by atoms with Gasteiger partial charge in [-0.15, -0.1) is 5.10 Å². The van der Waals surface area contributed by atoms with E-state index in [1.807, 2.05) is 6.20 Å². The van der Waals surface area contributed by atoms with Crippen LogP contribution in [-0.2, 0) is 16.1 Å². The first-order valence-corrected chi connectivity index (χ1v) is 9.37. The van der Waals surface area contributed by atoms with Gasteiger partial charge in [0.2, 0.25) is 0 Å². The van der Waals surface area contributed by atoms with Crippen molar-refractivity contribution < 1.29 is 19.4 Å². The second-order valence-corrected chi connectivity index (χ2v) is 7.46. The van der Waals surface area contributed by atoms with Crippen molar-refractivity contribution >= 4 is 23.3 Å². The molecule has 4 heterocycles. The predicted octanol–water partition coefficient (Wildman–Crippen LogP) is 0.554. The van der Waals surface area contributed by atoms with E-state index in [1.54, 1.807) is 4.52 Å². The van der Waals surface area contributed by atoms with Gasteiger partial charge in [0, 0.05) is 19.0 Å². The molecule has 0 aromatic carbocycles. The smallest absolute Gasteiger partial charge is 0.358 e. The number of esters is 1. The Kier molecular flexibility index (Phi) is 3.96. The van der Waals surface area contributed by atoms with E-state index in [9.17, 15) is 9.59 Å². The number of aromatic nitrogens is 6. The summed E-state index contributed by atoms with van der Waals surface area (Å²) in [6, 6.07) is 2.06. The maximum Gasteiger partial charge on any atom is 0.358 e.